The Morgan fingerprint density at radius 3 is 2.90 bits per heavy atom. The number of benzene rings is 1. The van der Waals surface area contributed by atoms with Crippen LogP contribution in [0.25, 0.3) is 0 Å². The maximum Gasteiger partial charge on any atom is 0.253 e. The highest BCUT2D eigenvalue weighted by atomic mass is 35.5. The Balaban J connectivity index is 2.22. The number of halogens is 1. The van der Waals surface area contributed by atoms with Crippen LogP contribution < -0.4 is 10.2 Å². The molecule has 1 fully saturated rings. The van der Waals surface area contributed by atoms with Crippen LogP contribution in [0.15, 0.2) is 18.2 Å². The summed E-state index contributed by atoms with van der Waals surface area (Å²) in [7, 11) is 0. The van der Waals surface area contributed by atoms with Gasteiger partial charge in [0.1, 0.15) is 0 Å². The van der Waals surface area contributed by atoms with Crippen molar-refractivity contribution in [1.82, 2.24) is 5.32 Å². The number of rotatable bonds is 5. The number of aliphatic hydroxyl groups excluding tert-OH is 1. The van der Waals surface area contributed by atoms with Gasteiger partial charge in [-0.2, -0.15) is 0 Å². The smallest absolute Gasteiger partial charge is 0.253 e. The molecule has 1 heterocycles. The van der Waals surface area contributed by atoms with Gasteiger partial charge < -0.3 is 15.3 Å². The molecule has 1 aliphatic rings. The summed E-state index contributed by atoms with van der Waals surface area (Å²) in [5, 5.41) is 12.3. The van der Waals surface area contributed by atoms with Crippen molar-refractivity contribution in [2.75, 3.05) is 24.6 Å². The first-order valence-electron chi connectivity index (χ1n) is 7.02. The molecule has 1 aromatic rings. The number of anilines is 1. The maximum atomic E-state index is 12.3. The molecule has 0 radical (unpaired) electrons. The summed E-state index contributed by atoms with van der Waals surface area (Å²) in [6.45, 7) is 2.84. The van der Waals surface area contributed by atoms with Gasteiger partial charge in [0, 0.05) is 31.1 Å². The zero-order valence-corrected chi connectivity index (χ0v) is 12.7. The zero-order valence-electron chi connectivity index (χ0n) is 11.9. The van der Waals surface area contributed by atoms with Crippen LogP contribution in [-0.4, -0.2) is 36.6 Å². The van der Waals surface area contributed by atoms with Crippen molar-refractivity contribution in [3.8, 4) is 0 Å². The molecule has 6 heteroatoms. The van der Waals surface area contributed by atoms with Crippen molar-refractivity contribution in [3.63, 3.8) is 0 Å². The number of nitrogens with zero attached hydrogens (tertiary/aromatic N) is 1. The molecular weight excluding hydrogens is 292 g/mol. The minimum Gasteiger partial charge on any atom is -0.396 e. The summed E-state index contributed by atoms with van der Waals surface area (Å²) in [6.07, 6.45) is 1.28. The molecule has 2 amide bonds. The van der Waals surface area contributed by atoms with Gasteiger partial charge in [-0.1, -0.05) is 18.5 Å². The average molecular weight is 311 g/mol. The first kappa shape index (κ1) is 15.8. The summed E-state index contributed by atoms with van der Waals surface area (Å²) in [4.78, 5) is 25.8. The predicted molar refractivity (Wildman–Crippen MR) is 81.6 cm³/mol. The van der Waals surface area contributed by atoms with Crippen molar-refractivity contribution in [3.05, 3.63) is 28.8 Å². The average Bonchev–Trinajstić information content (AvgIpc) is 2.90. The van der Waals surface area contributed by atoms with Crippen LogP contribution in [0.5, 0.6) is 0 Å². The molecule has 1 aromatic carbocycles. The van der Waals surface area contributed by atoms with E-state index in [0.29, 0.717) is 35.8 Å². The molecule has 0 aromatic heterocycles. The SMILES string of the molecule is CC(CO)CNC(=O)c1ccc(Cl)cc1N1CCCC1=O. The fraction of sp³-hybridized carbons (Fsp3) is 0.467. The fourth-order valence-corrected chi connectivity index (χ4v) is 2.42. The van der Waals surface area contributed by atoms with E-state index >= 15 is 0 Å². The van der Waals surface area contributed by atoms with Gasteiger partial charge in [0.15, 0.2) is 0 Å². The summed E-state index contributed by atoms with van der Waals surface area (Å²) in [6, 6.07) is 4.91. The number of carbonyl (C=O) groups excluding carboxylic acids is 2. The monoisotopic (exact) mass is 310 g/mol. The molecule has 0 spiro atoms. The van der Waals surface area contributed by atoms with Crippen LogP contribution in [0, 0.1) is 5.92 Å². The third-order valence-electron chi connectivity index (χ3n) is 3.49. The number of amides is 2. The van der Waals surface area contributed by atoms with Crippen LogP contribution in [0.2, 0.25) is 5.02 Å². The summed E-state index contributed by atoms with van der Waals surface area (Å²) < 4.78 is 0. The molecule has 0 saturated carbocycles. The lowest BCUT2D eigenvalue weighted by Gasteiger charge is -2.20. The minimum absolute atomic E-state index is 0.00930. The highest BCUT2D eigenvalue weighted by molar-refractivity contribution is 6.31. The van der Waals surface area contributed by atoms with Gasteiger partial charge in [0.25, 0.3) is 5.91 Å². The molecule has 1 aliphatic heterocycles. The number of carbonyl (C=O) groups is 2. The first-order valence-corrected chi connectivity index (χ1v) is 7.39. The number of aliphatic hydroxyl groups is 1. The predicted octanol–water partition coefficient (Wildman–Crippen LogP) is 1.82. The van der Waals surface area contributed by atoms with Crippen molar-refractivity contribution in [2.24, 2.45) is 5.92 Å². The molecule has 2 N–H and O–H groups in total. The molecule has 0 bridgehead atoms. The Hall–Kier alpha value is -1.59. The summed E-state index contributed by atoms with van der Waals surface area (Å²) >= 11 is 5.99. The van der Waals surface area contributed by atoms with Crippen LogP contribution in [0.3, 0.4) is 0 Å². The standard InChI is InChI=1S/C15H19ClN2O3/c1-10(9-19)8-17-15(21)12-5-4-11(16)7-13(12)18-6-2-3-14(18)20/h4-5,7,10,19H,2-3,6,8-9H2,1H3,(H,17,21). The van der Waals surface area contributed by atoms with E-state index in [1.54, 1.807) is 23.1 Å². The second-order valence-electron chi connectivity index (χ2n) is 5.31. The first-order chi connectivity index (χ1) is 10.0. The topological polar surface area (TPSA) is 69.6 Å². The molecule has 0 aliphatic carbocycles. The molecule has 1 atom stereocenters. The molecule has 2 rings (SSSR count). The largest absolute Gasteiger partial charge is 0.396 e. The van der Waals surface area contributed by atoms with Gasteiger partial charge in [-0.25, -0.2) is 0 Å². The molecule has 1 saturated heterocycles. The Morgan fingerprint density at radius 2 is 2.29 bits per heavy atom. The Morgan fingerprint density at radius 1 is 1.52 bits per heavy atom. The molecule has 114 valence electrons. The van der Waals surface area contributed by atoms with Crippen LogP contribution >= 0.6 is 11.6 Å². The Bertz CT molecular complexity index is 548. The van der Waals surface area contributed by atoms with E-state index in [2.05, 4.69) is 5.32 Å². The molecular formula is C15H19ClN2O3. The van der Waals surface area contributed by atoms with E-state index in [1.807, 2.05) is 6.92 Å². The second-order valence-corrected chi connectivity index (χ2v) is 5.74. The van der Waals surface area contributed by atoms with Gasteiger partial charge in [-0.3, -0.25) is 9.59 Å². The highest BCUT2D eigenvalue weighted by Gasteiger charge is 2.26. The third-order valence-corrected chi connectivity index (χ3v) is 3.73. The van der Waals surface area contributed by atoms with E-state index in [0.717, 1.165) is 6.42 Å². The fourth-order valence-electron chi connectivity index (χ4n) is 2.25. The highest BCUT2D eigenvalue weighted by Crippen LogP contribution is 2.28. The van der Waals surface area contributed by atoms with E-state index in [4.69, 9.17) is 16.7 Å². The van der Waals surface area contributed by atoms with E-state index in [9.17, 15) is 9.59 Å². The number of hydrogen-bond acceptors (Lipinski definition) is 3. The zero-order chi connectivity index (χ0) is 15.4. The Kier molecular flexibility index (Phi) is 5.20. The van der Waals surface area contributed by atoms with Crippen LogP contribution in [0.4, 0.5) is 5.69 Å². The quantitative estimate of drug-likeness (QED) is 0.871. The molecule has 5 nitrogen and oxygen atoms in total. The molecule has 21 heavy (non-hydrogen) atoms. The number of hydrogen-bond donors (Lipinski definition) is 2. The lowest BCUT2D eigenvalue weighted by molar-refractivity contribution is -0.117. The van der Waals surface area contributed by atoms with Gasteiger partial charge in [0.2, 0.25) is 5.91 Å². The molecule has 1 unspecified atom stereocenters. The third kappa shape index (κ3) is 3.74. The van der Waals surface area contributed by atoms with Crippen LogP contribution in [-0.2, 0) is 4.79 Å². The van der Waals surface area contributed by atoms with Crippen LogP contribution in [0.1, 0.15) is 30.1 Å². The van der Waals surface area contributed by atoms with Gasteiger partial charge in [0.05, 0.1) is 11.3 Å². The summed E-state index contributed by atoms with van der Waals surface area (Å²) in [5.74, 6) is -0.269. The normalized spacial score (nSPS) is 16.1. The minimum atomic E-state index is -0.262. The van der Waals surface area contributed by atoms with E-state index in [1.165, 1.54) is 0 Å². The lowest BCUT2D eigenvalue weighted by atomic mass is 10.1. The lowest BCUT2D eigenvalue weighted by Crippen LogP contribution is -2.32. The van der Waals surface area contributed by atoms with Gasteiger partial charge in [-0.15, -0.1) is 0 Å². The van der Waals surface area contributed by atoms with E-state index in [-0.39, 0.29) is 24.3 Å². The van der Waals surface area contributed by atoms with Crippen molar-refractivity contribution < 1.29 is 14.7 Å². The maximum absolute atomic E-state index is 12.3. The van der Waals surface area contributed by atoms with E-state index < -0.39 is 0 Å². The number of nitrogens with one attached hydrogen (secondary N) is 1. The summed E-state index contributed by atoms with van der Waals surface area (Å²) in [5.41, 5.74) is 0.985. The Labute approximate surface area is 128 Å². The second kappa shape index (κ2) is 6.91. The van der Waals surface area contributed by atoms with Gasteiger partial charge in [-0.05, 0) is 30.5 Å². The van der Waals surface area contributed by atoms with Crippen molar-refractivity contribution in [1.29, 1.82) is 0 Å². The van der Waals surface area contributed by atoms with Crippen molar-refractivity contribution in [2.45, 2.75) is 19.8 Å². The van der Waals surface area contributed by atoms with Crippen molar-refractivity contribution >= 4 is 29.1 Å². The van der Waals surface area contributed by atoms with Gasteiger partial charge >= 0.3 is 0 Å².